The molecular weight excluding hydrogens is 563 g/mol. The van der Waals surface area contributed by atoms with Crippen LogP contribution in [-0.4, -0.2) is 83.3 Å². The molecule has 2 aliphatic heterocycles. The average molecular weight is 611 g/mol. The number of hydrogen-bond donors (Lipinski definition) is 0. The number of esters is 1. The third kappa shape index (κ3) is 5.59. The zero-order valence-corrected chi connectivity index (χ0v) is 27.1. The van der Waals surface area contributed by atoms with Gasteiger partial charge in [-0.2, -0.15) is 0 Å². The summed E-state index contributed by atoms with van der Waals surface area (Å²) in [5, 5.41) is 0. The van der Waals surface area contributed by atoms with Crippen LogP contribution in [0.25, 0.3) is 5.52 Å². The molecule has 0 bridgehead atoms. The van der Waals surface area contributed by atoms with Crippen LogP contribution in [0.2, 0.25) is 0 Å². The maximum Gasteiger partial charge on any atom is 0.410 e. The van der Waals surface area contributed by atoms with Crippen molar-refractivity contribution in [1.82, 2.24) is 14.2 Å². The molecule has 44 heavy (non-hydrogen) atoms. The van der Waals surface area contributed by atoms with Crippen LogP contribution >= 0.6 is 0 Å². The van der Waals surface area contributed by atoms with E-state index in [9.17, 15) is 14.4 Å². The molecule has 1 atom stereocenters. The van der Waals surface area contributed by atoms with Gasteiger partial charge in [-0.05, 0) is 116 Å². The van der Waals surface area contributed by atoms with Crippen LogP contribution in [0.3, 0.4) is 0 Å². The van der Waals surface area contributed by atoms with Crippen molar-refractivity contribution in [1.29, 1.82) is 0 Å². The summed E-state index contributed by atoms with van der Waals surface area (Å²) in [6, 6.07) is 2.09. The van der Waals surface area contributed by atoms with E-state index in [4.69, 9.17) is 9.47 Å². The number of ether oxygens (including phenoxy) is 2. The first-order chi connectivity index (χ1) is 20.8. The van der Waals surface area contributed by atoms with E-state index in [-0.39, 0.29) is 29.7 Å². The quantitative estimate of drug-likeness (QED) is 0.384. The Morgan fingerprint density at radius 3 is 2.36 bits per heavy atom. The maximum absolute atomic E-state index is 16.0. The zero-order chi connectivity index (χ0) is 31.6. The number of halogens is 1. The summed E-state index contributed by atoms with van der Waals surface area (Å²) in [4.78, 5) is 45.1. The van der Waals surface area contributed by atoms with Gasteiger partial charge in [0.05, 0.1) is 24.0 Å². The van der Waals surface area contributed by atoms with Crippen molar-refractivity contribution in [2.24, 2.45) is 5.92 Å². The number of aryl methyl sites for hydroxylation is 1. The number of carbonyl (C=O) groups is 2. The molecule has 2 aliphatic carbocycles. The molecule has 0 N–H and O–H groups in total. The van der Waals surface area contributed by atoms with Crippen LogP contribution < -0.4 is 10.5 Å². The Morgan fingerprint density at radius 2 is 1.77 bits per heavy atom. The highest BCUT2D eigenvalue weighted by molar-refractivity contribution is 5.90. The van der Waals surface area contributed by atoms with Crippen LogP contribution in [0.15, 0.2) is 17.1 Å². The zero-order valence-electron chi connectivity index (χ0n) is 27.1. The van der Waals surface area contributed by atoms with Crippen LogP contribution in [0.5, 0.6) is 0 Å². The first-order valence-corrected chi connectivity index (χ1v) is 16.4. The normalized spacial score (nSPS) is 22.1. The number of nitrogens with zero attached hydrogens (tertiary/aromatic N) is 4. The third-order valence-corrected chi connectivity index (χ3v) is 10.3. The standard InChI is InChI=1S/C34H47FN4O5/c1-7-43-31(41)26-18-25(22-8-9-22)28-21(2)29(27(35)20-39(28)30(26)40)38-15-10-23(19-38)34(13-14-34)36(6)24-11-16-37(17-12-24)32(42)44-33(3,4)5/h18,20,22-24H,7-17,19H2,1-6H3/t23-/m1/s1. The molecule has 0 radical (unpaired) electrons. The number of pyridine rings is 2. The molecule has 6 rings (SSSR count). The summed E-state index contributed by atoms with van der Waals surface area (Å²) in [5.74, 6) is -0.434. The van der Waals surface area contributed by atoms with Crippen LogP contribution in [0.1, 0.15) is 100 Å². The van der Waals surface area contributed by atoms with Gasteiger partial charge in [0.25, 0.3) is 5.56 Å². The van der Waals surface area contributed by atoms with Crippen molar-refractivity contribution in [2.75, 3.05) is 44.7 Å². The van der Waals surface area contributed by atoms with E-state index in [0.717, 1.165) is 74.7 Å². The SMILES string of the molecule is CCOC(=O)c1cc(C2CC2)c2c(C)c(N3CC[C@@H](C4(N(C)C5CCN(C(=O)OC(C)(C)C)CC5)CC4)C3)c(F)cn2c1=O. The second-order valence-electron chi connectivity index (χ2n) is 14.3. The minimum atomic E-state index is -0.660. The van der Waals surface area contributed by atoms with Gasteiger partial charge in [-0.1, -0.05) is 0 Å². The molecule has 1 amide bonds. The predicted octanol–water partition coefficient (Wildman–Crippen LogP) is 5.49. The summed E-state index contributed by atoms with van der Waals surface area (Å²) in [7, 11) is 2.24. The summed E-state index contributed by atoms with van der Waals surface area (Å²) in [6.07, 6.45) is 8.09. The highest BCUT2D eigenvalue weighted by Gasteiger charge is 2.55. The Kier molecular flexibility index (Phi) is 7.95. The van der Waals surface area contributed by atoms with Gasteiger partial charge in [0.1, 0.15) is 11.2 Å². The first-order valence-electron chi connectivity index (χ1n) is 16.4. The fraction of sp³-hybridized carbons (Fsp3) is 0.676. The minimum Gasteiger partial charge on any atom is -0.462 e. The number of piperidine rings is 1. The second-order valence-corrected chi connectivity index (χ2v) is 14.3. The van der Waals surface area contributed by atoms with Crippen molar-refractivity contribution in [2.45, 2.75) is 103 Å². The van der Waals surface area contributed by atoms with Gasteiger partial charge >= 0.3 is 12.1 Å². The monoisotopic (exact) mass is 610 g/mol. The lowest BCUT2D eigenvalue weighted by Crippen LogP contribution is -2.52. The molecule has 10 heteroatoms. The van der Waals surface area contributed by atoms with Gasteiger partial charge in [0.15, 0.2) is 5.82 Å². The smallest absolute Gasteiger partial charge is 0.410 e. The molecule has 2 saturated heterocycles. The minimum absolute atomic E-state index is 0.0327. The molecule has 0 spiro atoms. The number of aromatic nitrogens is 1. The van der Waals surface area contributed by atoms with Crippen molar-refractivity contribution in [3.8, 4) is 0 Å². The van der Waals surface area contributed by atoms with E-state index in [0.29, 0.717) is 30.7 Å². The maximum atomic E-state index is 16.0. The fourth-order valence-corrected chi connectivity index (χ4v) is 7.80. The molecule has 4 heterocycles. The number of rotatable bonds is 7. The van der Waals surface area contributed by atoms with Crippen molar-refractivity contribution < 1.29 is 23.5 Å². The van der Waals surface area contributed by atoms with E-state index >= 15 is 4.39 Å². The first kappa shape index (κ1) is 30.9. The Morgan fingerprint density at radius 1 is 1.09 bits per heavy atom. The summed E-state index contributed by atoms with van der Waals surface area (Å²) in [5.41, 5.74) is 2.01. The van der Waals surface area contributed by atoms with E-state index in [1.807, 2.05) is 32.6 Å². The molecule has 2 aromatic heterocycles. The van der Waals surface area contributed by atoms with Gasteiger partial charge in [-0.15, -0.1) is 0 Å². The van der Waals surface area contributed by atoms with Crippen LogP contribution in [-0.2, 0) is 9.47 Å². The number of amides is 1. The van der Waals surface area contributed by atoms with Crippen LogP contribution in [0.4, 0.5) is 14.9 Å². The third-order valence-electron chi connectivity index (χ3n) is 10.3. The van der Waals surface area contributed by atoms with Gasteiger partial charge in [0, 0.05) is 37.8 Å². The lowest BCUT2D eigenvalue weighted by molar-refractivity contribution is 0.00935. The molecule has 2 saturated carbocycles. The second kappa shape index (κ2) is 11.3. The summed E-state index contributed by atoms with van der Waals surface area (Å²) >= 11 is 0. The fourth-order valence-electron chi connectivity index (χ4n) is 7.80. The van der Waals surface area contributed by atoms with E-state index < -0.39 is 22.9 Å². The lowest BCUT2D eigenvalue weighted by Gasteiger charge is -2.43. The predicted molar refractivity (Wildman–Crippen MR) is 167 cm³/mol. The highest BCUT2D eigenvalue weighted by Crippen LogP contribution is 2.53. The van der Waals surface area contributed by atoms with E-state index in [1.54, 1.807) is 13.0 Å². The van der Waals surface area contributed by atoms with E-state index in [2.05, 4.69) is 16.8 Å². The molecule has 0 unspecified atom stereocenters. The van der Waals surface area contributed by atoms with Crippen molar-refractivity contribution in [3.63, 3.8) is 0 Å². The van der Waals surface area contributed by atoms with Crippen molar-refractivity contribution in [3.05, 3.63) is 45.1 Å². The van der Waals surface area contributed by atoms with Gasteiger partial charge in [-0.3, -0.25) is 14.1 Å². The molecule has 2 aromatic rings. The van der Waals surface area contributed by atoms with Gasteiger partial charge < -0.3 is 19.3 Å². The molecular formula is C34H47FN4O5. The van der Waals surface area contributed by atoms with Crippen LogP contribution in [0, 0.1) is 18.7 Å². The Bertz CT molecular complexity index is 1510. The number of anilines is 1. The summed E-state index contributed by atoms with van der Waals surface area (Å²) in [6.45, 7) is 12.4. The molecule has 9 nitrogen and oxygen atoms in total. The molecule has 0 aromatic carbocycles. The number of fused-ring (bicyclic) bond motifs is 1. The molecule has 4 aliphatic rings. The Balaban J connectivity index is 1.21. The number of likely N-dealkylation sites (tertiary alicyclic amines) is 1. The van der Waals surface area contributed by atoms with E-state index in [1.165, 1.54) is 10.6 Å². The van der Waals surface area contributed by atoms with Gasteiger partial charge in [-0.25, -0.2) is 14.0 Å². The Labute approximate surface area is 259 Å². The number of hydrogen-bond acceptors (Lipinski definition) is 7. The van der Waals surface area contributed by atoms with Gasteiger partial charge in [0.2, 0.25) is 0 Å². The Hall–Kier alpha value is -3.14. The molecule has 240 valence electrons. The lowest BCUT2D eigenvalue weighted by atomic mass is 9.91. The largest absolute Gasteiger partial charge is 0.462 e. The number of carbonyl (C=O) groups excluding carboxylic acids is 2. The topological polar surface area (TPSA) is 83.8 Å². The van der Waals surface area contributed by atoms with Crippen molar-refractivity contribution >= 4 is 23.3 Å². The summed E-state index contributed by atoms with van der Waals surface area (Å²) < 4.78 is 28.0. The average Bonchev–Trinajstić information content (AvgIpc) is 3.91. The highest BCUT2D eigenvalue weighted by atomic mass is 19.1. The molecule has 4 fully saturated rings.